The number of nitrogens with zero attached hydrogens (tertiary/aromatic N) is 4. The lowest BCUT2D eigenvalue weighted by Crippen LogP contribution is -2.18. The first-order valence-electron chi connectivity index (χ1n) is 12.0. The molecule has 1 amide bonds. The molecule has 1 aromatic carbocycles. The summed E-state index contributed by atoms with van der Waals surface area (Å²) in [6, 6.07) is 11.4. The maximum absolute atomic E-state index is 13.8. The Bertz CT molecular complexity index is 1720. The van der Waals surface area contributed by atoms with Crippen LogP contribution < -0.4 is 11.1 Å². The van der Waals surface area contributed by atoms with Crippen LogP contribution in [0.5, 0.6) is 0 Å². The third kappa shape index (κ3) is 4.07. The number of amides is 1. The predicted molar refractivity (Wildman–Crippen MR) is 142 cm³/mol. The van der Waals surface area contributed by atoms with E-state index in [0.717, 1.165) is 35.0 Å². The topological polar surface area (TPSA) is 124 Å². The number of nitrogens with two attached hydrogens (primary N) is 1. The summed E-state index contributed by atoms with van der Waals surface area (Å²) in [5.41, 5.74) is 10.9. The van der Waals surface area contributed by atoms with Crippen molar-refractivity contribution in [1.29, 1.82) is 0 Å². The van der Waals surface area contributed by atoms with Gasteiger partial charge >= 0.3 is 0 Å². The molecule has 4 heterocycles. The molecule has 9 nitrogen and oxygen atoms in total. The monoisotopic (exact) mass is 491 g/mol. The van der Waals surface area contributed by atoms with E-state index in [9.17, 15) is 4.79 Å². The van der Waals surface area contributed by atoms with E-state index in [2.05, 4.69) is 44.0 Å². The van der Waals surface area contributed by atoms with Gasteiger partial charge in [0.15, 0.2) is 0 Å². The van der Waals surface area contributed by atoms with Gasteiger partial charge in [-0.1, -0.05) is 18.1 Å². The van der Waals surface area contributed by atoms with Crippen LogP contribution >= 0.6 is 0 Å². The van der Waals surface area contributed by atoms with Crippen molar-refractivity contribution in [2.75, 3.05) is 18.2 Å². The Morgan fingerprint density at radius 2 is 2.00 bits per heavy atom. The number of fused-ring (bicyclic) bond motifs is 2. The fraction of sp³-hybridized carbons (Fsp3) is 0.214. The van der Waals surface area contributed by atoms with Crippen LogP contribution in [0.15, 0.2) is 55.1 Å². The van der Waals surface area contributed by atoms with E-state index in [-0.39, 0.29) is 17.3 Å². The molecule has 37 heavy (non-hydrogen) atoms. The van der Waals surface area contributed by atoms with Crippen molar-refractivity contribution in [2.24, 2.45) is 0 Å². The molecular formula is C28H25N7O2. The number of hydrogen-bond donors (Lipinski definition) is 3. The summed E-state index contributed by atoms with van der Waals surface area (Å²) >= 11 is 0. The molecule has 0 bridgehead atoms. The third-order valence-electron chi connectivity index (χ3n) is 6.77. The zero-order chi connectivity index (χ0) is 25.6. The SMILES string of the molecule is COCc1ccc(NC(=O)c2c(C#Cc3cnc4[nH]ccc4c3)n(C3(C)CC3)c3ncnc(N)c23)cc1. The van der Waals surface area contributed by atoms with Gasteiger partial charge < -0.3 is 25.3 Å². The van der Waals surface area contributed by atoms with Gasteiger partial charge in [0.25, 0.3) is 5.91 Å². The number of hydrogen-bond acceptors (Lipinski definition) is 6. The molecule has 0 saturated heterocycles. The van der Waals surface area contributed by atoms with Crippen molar-refractivity contribution in [3.63, 3.8) is 0 Å². The number of anilines is 2. The van der Waals surface area contributed by atoms with E-state index in [1.54, 1.807) is 13.3 Å². The maximum Gasteiger partial charge on any atom is 0.259 e. The molecule has 1 saturated carbocycles. The fourth-order valence-electron chi connectivity index (χ4n) is 4.59. The third-order valence-corrected chi connectivity index (χ3v) is 6.77. The van der Waals surface area contributed by atoms with E-state index >= 15 is 0 Å². The van der Waals surface area contributed by atoms with Crippen LogP contribution in [0, 0.1) is 11.8 Å². The highest BCUT2D eigenvalue weighted by molar-refractivity contribution is 6.16. The van der Waals surface area contributed by atoms with Gasteiger partial charge in [-0.05, 0) is 55.5 Å². The van der Waals surface area contributed by atoms with E-state index in [1.165, 1.54) is 6.33 Å². The van der Waals surface area contributed by atoms with Crippen molar-refractivity contribution in [1.82, 2.24) is 24.5 Å². The van der Waals surface area contributed by atoms with Gasteiger partial charge in [-0.2, -0.15) is 0 Å². The van der Waals surface area contributed by atoms with Crippen LogP contribution in [0.4, 0.5) is 11.5 Å². The van der Waals surface area contributed by atoms with Crippen LogP contribution in [0.2, 0.25) is 0 Å². The Hall–Kier alpha value is -4.68. The summed E-state index contributed by atoms with van der Waals surface area (Å²) in [4.78, 5) is 30.0. The van der Waals surface area contributed by atoms with Gasteiger partial charge in [0.05, 0.1) is 17.6 Å². The lowest BCUT2D eigenvalue weighted by Gasteiger charge is -2.14. The van der Waals surface area contributed by atoms with Crippen molar-refractivity contribution in [3.05, 3.63) is 77.5 Å². The molecule has 0 radical (unpaired) electrons. The van der Waals surface area contributed by atoms with E-state index in [4.69, 9.17) is 10.5 Å². The second kappa shape index (κ2) is 8.76. The standard InChI is InChI=1S/C28H25N7O2/c1-28(10-11-28)35-21(8-5-18-13-19-9-12-30-25(19)31-14-18)22(23-24(29)32-16-33-26(23)35)27(36)34-20-6-3-17(4-7-20)15-37-2/h3-4,6-7,9,12-14,16H,10-11,15H2,1-2H3,(H,30,31)(H,34,36)(H2,29,32,33). The summed E-state index contributed by atoms with van der Waals surface area (Å²) < 4.78 is 7.23. The molecule has 9 heteroatoms. The largest absolute Gasteiger partial charge is 0.383 e. The average Bonchev–Trinajstić information content (AvgIpc) is 3.31. The number of rotatable bonds is 5. The first kappa shape index (κ1) is 22.8. The number of nitrogen functional groups attached to an aromatic ring is 1. The first-order valence-corrected chi connectivity index (χ1v) is 12.0. The second-order valence-corrected chi connectivity index (χ2v) is 9.49. The minimum absolute atomic E-state index is 0.202. The Labute approximate surface area is 213 Å². The Kier molecular flexibility index (Phi) is 5.39. The highest BCUT2D eigenvalue weighted by atomic mass is 16.5. The summed E-state index contributed by atoms with van der Waals surface area (Å²) in [5.74, 6) is 6.41. The fourth-order valence-corrected chi connectivity index (χ4v) is 4.59. The molecule has 6 rings (SSSR count). The Morgan fingerprint density at radius 1 is 1.19 bits per heavy atom. The molecule has 1 aliphatic rings. The van der Waals surface area contributed by atoms with E-state index in [1.807, 2.05) is 47.2 Å². The Balaban J connectivity index is 1.49. The van der Waals surface area contributed by atoms with Crippen LogP contribution in [0.25, 0.3) is 22.1 Å². The van der Waals surface area contributed by atoms with Gasteiger partial charge in [-0.25, -0.2) is 15.0 Å². The van der Waals surface area contributed by atoms with Gasteiger partial charge in [0.2, 0.25) is 0 Å². The molecule has 0 unspecified atom stereocenters. The molecule has 0 aliphatic heterocycles. The van der Waals surface area contributed by atoms with Crippen LogP contribution in [-0.2, 0) is 16.9 Å². The highest BCUT2D eigenvalue weighted by Gasteiger charge is 2.44. The number of pyridine rings is 1. The summed E-state index contributed by atoms with van der Waals surface area (Å²) in [5, 5.41) is 4.47. The second-order valence-electron chi connectivity index (χ2n) is 9.49. The summed E-state index contributed by atoms with van der Waals surface area (Å²) in [7, 11) is 1.65. The average molecular weight is 492 g/mol. The van der Waals surface area contributed by atoms with E-state index in [0.29, 0.717) is 34.6 Å². The smallest absolute Gasteiger partial charge is 0.259 e. The van der Waals surface area contributed by atoms with Crippen LogP contribution in [-0.4, -0.2) is 37.5 Å². The minimum atomic E-state index is -0.322. The minimum Gasteiger partial charge on any atom is -0.383 e. The number of aromatic amines is 1. The van der Waals surface area contributed by atoms with Crippen molar-refractivity contribution >= 4 is 39.5 Å². The molecule has 1 fully saturated rings. The predicted octanol–water partition coefficient (Wildman–Crippen LogP) is 4.20. The van der Waals surface area contributed by atoms with E-state index < -0.39 is 0 Å². The van der Waals surface area contributed by atoms with Gasteiger partial charge in [-0.3, -0.25) is 4.79 Å². The lowest BCUT2D eigenvalue weighted by atomic mass is 10.1. The molecular weight excluding hydrogens is 466 g/mol. The number of aromatic nitrogens is 5. The molecule has 0 spiro atoms. The van der Waals surface area contributed by atoms with Crippen molar-refractivity contribution < 1.29 is 9.53 Å². The zero-order valence-corrected chi connectivity index (χ0v) is 20.5. The molecule has 4 N–H and O–H groups in total. The zero-order valence-electron chi connectivity index (χ0n) is 20.5. The van der Waals surface area contributed by atoms with Crippen LogP contribution in [0.1, 0.15) is 46.9 Å². The number of H-pyrrole nitrogens is 1. The van der Waals surface area contributed by atoms with Gasteiger partial charge in [0.1, 0.15) is 29.1 Å². The molecule has 184 valence electrons. The molecule has 1 aliphatic carbocycles. The van der Waals surface area contributed by atoms with Gasteiger partial charge in [0, 0.05) is 41.7 Å². The number of nitrogens with one attached hydrogen (secondary N) is 2. The number of carbonyl (C=O) groups is 1. The Morgan fingerprint density at radius 3 is 2.76 bits per heavy atom. The normalized spacial score (nSPS) is 13.9. The number of benzene rings is 1. The number of carbonyl (C=O) groups excluding carboxylic acids is 1. The summed E-state index contributed by atoms with van der Waals surface area (Å²) in [6.45, 7) is 2.64. The highest BCUT2D eigenvalue weighted by Crippen LogP contribution is 2.47. The lowest BCUT2D eigenvalue weighted by molar-refractivity contribution is 0.102. The first-order chi connectivity index (χ1) is 18.0. The quantitative estimate of drug-likeness (QED) is 0.317. The summed E-state index contributed by atoms with van der Waals surface area (Å²) in [6.07, 6.45) is 6.89. The number of ether oxygens (including phenoxy) is 1. The molecule has 5 aromatic rings. The van der Waals surface area contributed by atoms with Gasteiger partial charge in [-0.15, -0.1) is 0 Å². The van der Waals surface area contributed by atoms with Crippen molar-refractivity contribution in [2.45, 2.75) is 31.9 Å². The molecule has 4 aromatic heterocycles. The van der Waals surface area contributed by atoms with Crippen LogP contribution in [0.3, 0.4) is 0 Å². The number of methoxy groups -OCH3 is 1. The maximum atomic E-state index is 13.8. The van der Waals surface area contributed by atoms with Crippen molar-refractivity contribution in [3.8, 4) is 11.8 Å². The molecule has 0 atom stereocenters.